The first-order chi connectivity index (χ1) is 11.2. The molecule has 5 heteroatoms. The molecule has 0 aliphatic heterocycles. The van der Waals surface area contributed by atoms with Crippen LogP contribution in [0.5, 0.6) is 0 Å². The molecule has 0 saturated heterocycles. The van der Waals surface area contributed by atoms with Gasteiger partial charge in [-0.15, -0.1) is 0 Å². The molecule has 0 bridgehead atoms. The van der Waals surface area contributed by atoms with Crippen LogP contribution < -0.4 is 0 Å². The molecule has 1 heterocycles. The van der Waals surface area contributed by atoms with E-state index in [1.165, 1.54) is 0 Å². The van der Waals surface area contributed by atoms with E-state index in [-0.39, 0.29) is 12.4 Å². The molecule has 0 saturated carbocycles. The molecule has 4 nitrogen and oxygen atoms in total. The monoisotopic (exact) mass is 371 g/mol. The summed E-state index contributed by atoms with van der Waals surface area (Å²) in [6, 6.07) is 17.2. The quantitative estimate of drug-likeness (QED) is 0.609. The number of benzene rings is 2. The van der Waals surface area contributed by atoms with E-state index in [9.17, 15) is 4.79 Å². The predicted octanol–water partition coefficient (Wildman–Crippen LogP) is 4.95. The Kier molecular flexibility index (Phi) is 4.57. The number of hydrogen-bond acceptors (Lipinski definition) is 4. The second-order valence-corrected chi connectivity index (χ2v) is 5.66. The zero-order chi connectivity index (χ0) is 16.2. The van der Waals surface area contributed by atoms with E-state index in [2.05, 4.69) is 21.1 Å². The number of carbonyl (C=O) groups is 1. The highest BCUT2D eigenvalue weighted by molar-refractivity contribution is 9.10. The van der Waals surface area contributed by atoms with Crippen LogP contribution in [0.3, 0.4) is 0 Å². The molecular formula is C18H14BrNO3. The maximum atomic E-state index is 12.2. The summed E-state index contributed by atoms with van der Waals surface area (Å²) in [6.07, 6.45) is 0. The van der Waals surface area contributed by atoms with E-state index in [0.717, 1.165) is 15.6 Å². The first kappa shape index (κ1) is 15.5. The summed E-state index contributed by atoms with van der Waals surface area (Å²) in [5.41, 5.74) is 2.94. The molecule has 0 aliphatic carbocycles. The van der Waals surface area contributed by atoms with E-state index < -0.39 is 5.97 Å². The summed E-state index contributed by atoms with van der Waals surface area (Å²) in [6.45, 7) is 2.03. The van der Waals surface area contributed by atoms with Crippen LogP contribution in [0.25, 0.3) is 22.4 Å². The van der Waals surface area contributed by atoms with Gasteiger partial charge in [0.25, 0.3) is 5.76 Å². The van der Waals surface area contributed by atoms with Gasteiger partial charge in [-0.05, 0) is 18.6 Å². The molecule has 0 aliphatic rings. The van der Waals surface area contributed by atoms with Gasteiger partial charge in [-0.2, -0.15) is 0 Å². The minimum absolute atomic E-state index is 0.115. The molecule has 0 unspecified atom stereocenters. The third-order valence-electron chi connectivity index (χ3n) is 3.34. The summed E-state index contributed by atoms with van der Waals surface area (Å²) < 4.78 is 11.3. The predicted molar refractivity (Wildman–Crippen MR) is 91.0 cm³/mol. The Balaban J connectivity index is 2.22. The van der Waals surface area contributed by atoms with Crippen LogP contribution in [0.15, 0.2) is 63.6 Å². The van der Waals surface area contributed by atoms with Gasteiger partial charge in [-0.3, -0.25) is 0 Å². The van der Waals surface area contributed by atoms with Crippen molar-refractivity contribution in [3.63, 3.8) is 0 Å². The van der Waals surface area contributed by atoms with Gasteiger partial charge in [0.2, 0.25) is 0 Å². The van der Waals surface area contributed by atoms with Crippen molar-refractivity contribution in [1.82, 2.24) is 5.16 Å². The Morgan fingerprint density at radius 3 is 2.52 bits per heavy atom. The van der Waals surface area contributed by atoms with E-state index in [1.54, 1.807) is 6.92 Å². The maximum absolute atomic E-state index is 12.2. The Morgan fingerprint density at radius 2 is 1.83 bits per heavy atom. The number of rotatable bonds is 4. The highest BCUT2D eigenvalue weighted by atomic mass is 79.9. The lowest BCUT2D eigenvalue weighted by Crippen LogP contribution is -2.04. The number of carbonyl (C=O) groups excluding carboxylic acids is 1. The Hall–Kier alpha value is -2.40. The standard InChI is InChI=1S/C18H14BrNO3/c1-2-22-18(21)17-15(12-8-4-3-5-9-12)16(20-23-17)13-10-6-7-11-14(13)19/h3-11H,2H2,1H3. The van der Waals surface area contributed by atoms with Crippen LogP contribution in [0.1, 0.15) is 17.5 Å². The summed E-state index contributed by atoms with van der Waals surface area (Å²) in [5.74, 6) is -0.402. The molecule has 0 N–H and O–H groups in total. The molecule has 23 heavy (non-hydrogen) atoms. The molecule has 3 aromatic rings. The van der Waals surface area contributed by atoms with Crippen molar-refractivity contribution < 1.29 is 14.1 Å². The SMILES string of the molecule is CCOC(=O)c1onc(-c2ccccc2Br)c1-c1ccccc1. The third-order valence-corrected chi connectivity index (χ3v) is 4.04. The zero-order valence-corrected chi connectivity index (χ0v) is 14.0. The lowest BCUT2D eigenvalue weighted by Gasteiger charge is -2.06. The first-order valence-electron chi connectivity index (χ1n) is 7.19. The average Bonchev–Trinajstić information content (AvgIpc) is 3.01. The second kappa shape index (κ2) is 6.79. The normalized spacial score (nSPS) is 10.5. The maximum Gasteiger partial charge on any atom is 0.377 e. The van der Waals surface area contributed by atoms with Crippen LogP contribution in [0.2, 0.25) is 0 Å². The van der Waals surface area contributed by atoms with E-state index in [4.69, 9.17) is 9.26 Å². The Morgan fingerprint density at radius 1 is 1.13 bits per heavy atom. The molecule has 1 aromatic heterocycles. The second-order valence-electron chi connectivity index (χ2n) is 4.80. The summed E-state index contributed by atoms with van der Waals surface area (Å²) in [4.78, 5) is 12.2. The number of ether oxygens (including phenoxy) is 1. The zero-order valence-electron chi connectivity index (χ0n) is 12.5. The number of nitrogens with zero attached hydrogens (tertiary/aromatic N) is 1. The van der Waals surface area contributed by atoms with Gasteiger partial charge in [-0.25, -0.2) is 4.79 Å². The van der Waals surface area contributed by atoms with Crippen LogP contribution in [-0.2, 0) is 4.74 Å². The first-order valence-corrected chi connectivity index (χ1v) is 7.98. The van der Waals surface area contributed by atoms with Gasteiger partial charge >= 0.3 is 5.97 Å². The molecule has 116 valence electrons. The molecule has 0 atom stereocenters. The summed E-state index contributed by atoms with van der Waals surface area (Å²) in [7, 11) is 0. The molecule has 0 spiro atoms. The number of aromatic nitrogens is 1. The van der Waals surface area contributed by atoms with E-state index in [1.807, 2.05) is 54.6 Å². The smallest absolute Gasteiger partial charge is 0.377 e. The number of hydrogen-bond donors (Lipinski definition) is 0. The van der Waals surface area contributed by atoms with Gasteiger partial charge in [0.1, 0.15) is 5.69 Å². The van der Waals surface area contributed by atoms with Gasteiger partial charge in [0.15, 0.2) is 0 Å². The van der Waals surface area contributed by atoms with Crippen molar-refractivity contribution >= 4 is 21.9 Å². The van der Waals surface area contributed by atoms with Crippen molar-refractivity contribution in [2.75, 3.05) is 6.61 Å². The van der Waals surface area contributed by atoms with Crippen LogP contribution in [0, 0.1) is 0 Å². The molecule has 0 amide bonds. The Bertz CT molecular complexity index is 827. The van der Waals surface area contributed by atoms with Crippen molar-refractivity contribution in [3.05, 3.63) is 64.8 Å². The molecular weight excluding hydrogens is 358 g/mol. The van der Waals surface area contributed by atoms with Crippen LogP contribution in [0.4, 0.5) is 0 Å². The summed E-state index contributed by atoms with van der Waals surface area (Å²) >= 11 is 3.52. The van der Waals surface area contributed by atoms with Crippen LogP contribution >= 0.6 is 15.9 Å². The fourth-order valence-corrected chi connectivity index (χ4v) is 2.81. The van der Waals surface area contributed by atoms with Crippen molar-refractivity contribution in [1.29, 1.82) is 0 Å². The van der Waals surface area contributed by atoms with E-state index in [0.29, 0.717) is 11.3 Å². The molecule has 0 fully saturated rings. The molecule has 2 aromatic carbocycles. The van der Waals surface area contributed by atoms with E-state index >= 15 is 0 Å². The lowest BCUT2D eigenvalue weighted by molar-refractivity contribution is 0.0481. The van der Waals surface area contributed by atoms with Crippen molar-refractivity contribution in [2.24, 2.45) is 0 Å². The van der Waals surface area contributed by atoms with Gasteiger partial charge in [0, 0.05) is 10.0 Å². The molecule has 0 radical (unpaired) electrons. The van der Waals surface area contributed by atoms with Crippen molar-refractivity contribution in [3.8, 4) is 22.4 Å². The lowest BCUT2D eigenvalue weighted by atomic mass is 9.99. The Labute approximate surface area is 142 Å². The topological polar surface area (TPSA) is 52.3 Å². The largest absolute Gasteiger partial charge is 0.460 e. The third kappa shape index (κ3) is 3.05. The van der Waals surface area contributed by atoms with Crippen LogP contribution in [-0.4, -0.2) is 17.7 Å². The number of halogens is 1. The van der Waals surface area contributed by atoms with Gasteiger partial charge in [-0.1, -0.05) is 69.6 Å². The van der Waals surface area contributed by atoms with Gasteiger partial charge < -0.3 is 9.26 Å². The van der Waals surface area contributed by atoms with Gasteiger partial charge in [0.05, 0.1) is 12.2 Å². The minimum Gasteiger partial charge on any atom is -0.460 e. The molecule has 3 rings (SSSR count). The highest BCUT2D eigenvalue weighted by Gasteiger charge is 2.26. The summed E-state index contributed by atoms with van der Waals surface area (Å²) in [5, 5.41) is 4.12. The average molecular weight is 372 g/mol. The number of esters is 1. The fourth-order valence-electron chi connectivity index (χ4n) is 2.34. The van der Waals surface area contributed by atoms with Crippen molar-refractivity contribution in [2.45, 2.75) is 6.92 Å². The highest BCUT2D eigenvalue weighted by Crippen LogP contribution is 2.37. The minimum atomic E-state index is -0.517. The fraction of sp³-hybridized carbons (Fsp3) is 0.111.